The second-order valence-corrected chi connectivity index (χ2v) is 26.1. The minimum Gasteiger partial charge on any atom is -0.458 e. The number of carbonyl (C=O) groups excluding carboxylic acids is 4. The minimum absolute atomic E-state index is 0.00719. The van der Waals surface area contributed by atoms with Crippen molar-refractivity contribution in [1.82, 2.24) is 44.7 Å². The number of azide groups is 1. The lowest BCUT2D eigenvalue weighted by Gasteiger charge is -2.39. The lowest BCUT2D eigenvalue weighted by molar-refractivity contribution is -0.301. The quantitative estimate of drug-likeness (QED) is 0.00884. The SMILES string of the molecule is C#CCOCCNC(=O)Oc1ccc2nc3c(c(CC)c2c1)Cn1c-3cc2c(c1=O)COC(=O)[C@]2(O)CC.CCc1c2c(nc3ccc(OC(=O)NCCOCc4cn(CCO[C@H]5O[C@@H](CO)[C@H](O)[C@@H](O)[C@@H]5O)nn4)cc13)-c1cc3c(c(=O)n1C2)COC(=O)[C@]3(O)CC.[N-]=[N+]=NCCO[C@H]1O[C@@H](CO)[C@H](O)[C@@H](O)[C@@H]1O. The Morgan fingerprint density at radius 1 is 0.655 bits per heavy atom. The van der Waals surface area contributed by atoms with Crippen LogP contribution < -0.4 is 31.2 Å². The van der Waals surface area contributed by atoms with Gasteiger partial charge < -0.3 is 118 Å². The number of aryl methyl sites for hydroxylation is 2. The Labute approximate surface area is 625 Å². The average molecular weight is 1530 g/mol. The van der Waals surface area contributed by atoms with Gasteiger partial charge in [-0.3, -0.25) is 9.59 Å². The van der Waals surface area contributed by atoms with Crippen LogP contribution in [0.15, 0.2) is 69.4 Å². The molecule has 110 heavy (non-hydrogen) atoms. The zero-order chi connectivity index (χ0) is 78.9. The van der Waals surface area contributed by atoms with Gasteiger partial charge in [0, 0.05) is 57.6 Å². The lowest BCUT2D eigenvalue weighted by atomic mass is 9.86. The van der Waals surface area contributed by atoms with E-state index in [4.69, 9.17) is 74.4 Å². The normalized spacial score (nSPS) is 23.9. The van der Waals surface area contributed by atoms with Crippen molar-refractivity contribution in [2.24, 2.45) is 5.11 Å². The minimum atomic E-state index is -1.92. The molecule has 0 unspecified atom stereocenters. The number of aromatic nitrogens is 7. The Bertz CT molecular complexity index is 4810. The molecule has 38 nitrogen and oxygen atoms in total. The van der Waals surface area contributed by atoms with Crippen molar-refractivity contribution in [1.29, 1.82) is 0 Å². The standard InChI is InChI=1S/C36H42N6O13.C28H27N3O7.C8H15N3O6/c1-3-20-21-11-19(5-6-25(21)38-28-22(20)14-42-26(28)12-24-23(32(42)47)17-53-34(48)36(24,50)4-2)54-35(49)37-7-9-51-16-18-13-41(40-39-18)8-10-52-33-31(46)30(45)29(44)27(15-43)55-33;1-4-10-36-11-9-29-27(34)38-16-7-8-22-18(12-16)17(5-2)19-14-31-23(24(19)30-22)13-21-20(25(31)32)15-37-26(33)28(21,35)6-3;9-11-10-1-2-16-8-7(15)6(14)5(13)4(3-12)17-8/h5-6,11-13,27,29-31,33,43-46,50H,3-4,7-10,14-17H2,1-2H3,(H,37,49);1,7-8,12-13,35H,5-6,9-11,14-15H2,2-3H3,(H,29,34);4-8,12-15H,1-3H2/t27-,29-,30+,31-,33-,36-;28-;4-,5-,6+,7-,8-/m000/s1. The van der Waals surface area contributed by atoms with Crippen molar-refractivity contribution in [3.8, 4) is 46.6 Å². The van der Waals surface area contributed by atoms with Crippen molar-refractivity contribution in [2.75, 3.05) is 65.9 Å². The molecule has 38 heteroatoms. The number of cyclic esters (lactones) is 2. The van der Waals surface area contributed by atoms with E-state index in [0.29, 0.717) is 70.4 Å². The zero-order valence-electron chi connectivity index (χ0n) is 60.2. The number of hydrogen-bond acceptors (Lipinski definition) is 31. The van der Waals surface area contributed by atoms with Gasteiger partial charge in [-0.1, -0.05) is 43.9 Å². The molecule has 12 atom stereocenters. The van der Waals surface area contributed by atoms with Crippen molar-refractivity contribution >= 4 is 45.9 Å². The molecule has 6 aliphatic heterocycles. The Morgan fingerprint density at radius 3 is 1.57 bits per heavy atom. The Hall–Kier alpha value is -9.99. The highest BCUT2D eigenvalue weighted by molar-refractivity contribution is 5.92. The number of aliphatic hydroxyl groups excluding tert-OH is 8. The third-order valence-corrected chi connectivity index (χ3v) is 19.6. The highest BCUT2D eigenvalue weighted by Gasteiger charge is 2.49. The molecule has 0 aliphatic carbocycles. The largest absolute Gasteiger partial charge is 0.458 e. The average Bonchev–Trinajstić information content (AvgIpc) is 1.54. The molecule has 7 aromatic rings. The molecule has 2 saturated heterocycles. The molecule has 2 fully saturated rings. The summed E-state index contributed by atoms with van der Waals surface area (Å²) in [6.07, 6.45) is -6.50. The monoisotopic (exact) mass is 1530 g/mol. The maximum absolute atomic E-state index is 13.6. The zero-order valence-corrected chi connectivity index (χ0v) is 60.2. The molecule has 2 aromatic carbocycles. The van der Waals surface area contributed by atoms with Crippen molar-refractivity contribution < 1.29 is 118 Å². The van der Waals surface area contributed by atoms with Crippen LogP contribution in [0.25, 0.3) is 55.0 Å². The number of hydrogen-bond donors (Lipinski definition) is 12. The van der Waals surface area contributed by atoms with E-state index in [1.165, 1.54) is 4.68 Å². The van der Waals surface area contributed by atoms with Gasteiger partial charge in [-0.05, 0) is 90.9 Å². The van der Waals surface area contributed by atoms with Crippen molar-refractivity contribution in [3.63, 3.8) is 0 Å². The second kappa shape index (κ2) is 35.4. The molecule has 588 valence electrons. The lowest BCUT2D eigenvalue weighted by Crippen LogP contribution is -2.59. The molecular formula is C72H84N12O26. The van der Waals surface area contributed by atoms with Gasteiger partial charge in [0.25, 0.3) is 11.1 Å². The summed E-state index contributed by atoms with van der Waals surface area (Å²) in [6.45, 7) is 7.78. The number of ether oxygens (including phenoxy) is 10. The number of amides is 2. The van der Waals surface area contributed by atoms with Gasteiger partial charge in [-0.2, -0.15) is 0 Å². The number of esters is 2. The number of aliphatic hydroxyl groups is 10. The number of carbonyl (C=O) groups is 4. The predicted octanol–water partition coefficient (Wildman–Crippen LogP) is -0.151. The van der Waals surface area contributed by atoms with Crippen LogP contribution in [0.5, 0.6) is 11.5 Å². The molecule has 0 bridgehead atoms. The summed E-state index contributed by atoms with van der Waals surface area (Å²) in [5, 5.41) is 117. The second-order valence-electron chi connectivity index (χ2n) is 26.1. The highest BCUT2D eigenvalue weighted by atomic mass is 16.7. The number of benzene rings is 2. The maximum Gasteiger partial charge on any atom is 0.412 e. The summed E-state index contributed by atoms with van der Waals surface area (Å²) in [7, 11) is 0. The third-order valence-electron chi connectivity index (χ3n) is 19.6. The van der Waals surface area contributed by atoms with Crippen LogP contribution in [0.2, 0.25) is 0 Å². The number of nitrogens with one attached hydrogen (secondary N) is 2. The van der Waals surface area contributed by atoms with Crippen LogP contribution in [0.3, 0.4) is 0 Å². The van der Waals surface area contributed by atoms with Crippen LogP contribution in [0.1, 0.15) is 90.7 Å². The van der Waals surface area contributed by atoms with E-state index in [9.17, 15) is 74.7 Å². The van der Waals surface area contributed by atoms with Gasteiger partial charge in [-0.15, -0.1) is 11.5 Å². The third kappa shape index (κ3) is 16.6. The van der Waals surface area contributed by atoms with Gasteiger partial charge >= 0.3 is 24.1 Å². The molecule has 11 heterocycles. The molecular weight excluding hydrogens is 1450 g/mol. The van der Waals surface area contributed by atoms with Crippen LogP contribution >= 0.6 is 0 Å². The summed E-state index contributed by atoms with van der Waals surface area (Å²) >= 11 is 0. The molecule has 2 amide bonds. The van der Waals surface area contributed by atoms with E-state index in [0.717, 1.165) is 33.0 Å². The molecule has 13 rings (SSSR count). The molecule has 0 spiro atoms. The van der Waals surface area contributed by atoms with Crippen LogP contribution in [-0.2, 0) is 111 Å². The van der Waals surface area contributed by atoms with E-state index < -0.39 is 110 Å². The Kier molecular flexibility index (Phi) is 26.0. The van der Waals surface area contributed by atoms with Gasteiger partial charge in [0.15, 0.2) is 23.8 Å². The highest BCUT2D eigenvalue weighted by Crippen LogP contribution is 2.43. The molecule has 0 saturated carbocycles. The van der Waals surface area contributed by atoms with Crippen LogP contribution in [0, 0.1) is 12.3 Å². The summed E-state index contributed by atoms with van der Waals surface area (Å²) in [4.78, 5) is 89.0. The fourth-order valence-corrected chi connectivity index (χ4v) is 13.7. The smallest absolute Gasteiger partial charge is 0.412 e. The number of pyridine rings is 4. The summed E-state index contributed by atoms with van der Waals surface area (Å²) in [5.74, 6) is 1.46. The first-order valence-corrected chi connectivity index (χ1v) is 35.4. The fraction of sp³-hybridized carbons (Fsp3) is 0.500. The van der Waals surface area contributed by atoms with Gasteiger partial charge in [0.1, 0.15) is 85.8 Å². The summed E-state index contributed by atoms with van der Waals surface area (Å²) in [5.41, 5.74) is 12.3. The first-order valence-electron chi connectivity index (χ1n) is 35.4. The summed E-state index contributed by atoms with van der Waals surface area (Å²) in [6, 6.07) is 13.6. The molecule has 12 N–H and O–H groups in total. The number of fused-ring (bicyclic) bond motifs is 10. The van der Waals surface area contributed by atoms with E-state index in [2.05, 4.69) is 36.9 Å². The Balaban J connectivity index is 0.000000188. The maximum atomic E-state index is 13.6. The first kappa shape index (κ1) is 81.0. The molecule has 6 aliphatic rings. The van der Waals surface area contributed by atoms with E-state index in [1.54, 1.807) is 77.7 Å². The first-order chi connectivity index (χ1) is 52.9. The topological polar surface area (TPSA) is 536 Å². The predicted molar refractivity (Wildman–Crippen MR) is 379 cm³/mol. The van der Waals surface area contributed by atoms with Gasteiger partial charge in [-0.25, -0.2) is 33.8 Å². The molecule has 5 aromatic heterocycles. The van der Waals surface area contributed by atoms with Gasteiger partial charge in [0.05, 0.1) is 117 Å². The van der Waals surface area contributed by atoms with E-state index in [-0.39, 0.29) is 132 Å². The molecule has 0 radical (unpaired) electrons. The Morgan fingerprint density at radius 2 is 1.13 bits per heavy atom. The van der Waals surface area contributed by atoms with Crippen LogP contribution in [0.4, 0.5) is 9.59 Å². The van der Waals surface area contributed by atoms with Crippen molar-refractivity contribution in [3.05, 3.63) is 136 Å². The number of terminal acetylenes is 1. The number of nitrogens with zero attached hydrogens (tertiary/aromatic N) is 10. The van der Waals surface area contributed by atoms with Crippen LogP contribution in [-0.4, -0.2) is 237 Å². The summed E-state index contributed by atoms with van der Waals surface area (Å²) < 4.78 is 57.6. The van der Waals surface area contributed by atoms with Crippen molar-refractivity contribution in [2.45, 2.75) is 165 Å². The van der Waals surface area contributed by atoms with E-state index in [1.807, 2.05) is 13.8 Å². The van der Waals surface area contributed by atoms with Gasteiger partial charge in [0.2, 0.25) is 0 Å². The van der Waals surface area contributed by atoms with E-state index >= 15 is 0 Å². The number of rotatable bonds is 25. The fourth-order valence-electron chi connectivity index (χ4n) is 13.7.